The highest BCUT2D eigenvalue weighted by Crippen LogP contribution is 2.40. The Morgan fingerprint density at radius 3 is 3.04 bits per heavy atom. The van der Waals surface area contributed by atoms with Crippen molar-refractivity contribution in [3.8, 4) is 0 Å². The van der Waals surface area contributed by atoms with Gasteiger partial charge in [0.2, 0.25) is 0 Å². The third kappa shape index (κ3) is 2.76. The molecule has 4 rings (SSSR count). The second-order valence-electron chi connectivity index (χ2n) is 6.47. The third-order valence-corrected chi connectivity index (χ3v) is 5.88. The summed E-state index contributed by atoms with van der Waals surface area (Å²) < 4.78 is 8.40. The quantitative estimate of drug-likeness (QED) is 0.917. The first-order valence-electron chi connectivity index (χ1n) is 8.36. The summed E-state index contributed by atoms with van der Waals surface area (Å²) in [6.45, 7) is 3.42. The highest BCUT2D eigenvalue weighted by molar-refractivity contribution is 7.09. The first-order chi connectivity index (χ1) is 11.7. The maximum absolute atomic E-state index is 12.1. The zero-order valence-corrected chi connectivity index (χ0v) is 14.6. The summed E-state index contributed by atoms with van der Waals surface area (Å²) >= 11 is 1.80. The van der Waals surface area contributed by atoms with E-state index in [1.54, 1.807) is 18.4 Å². The standard InChI is InChI=1S/C17H22N4O2S/c1-18-15(22)14-12-21-9-6-19-16(21)17(23-14)4-7-20(8-5-17)11-13-3-2-10-24-13/h2-3,6,9-10,14H,4-5,7-8,11-12H2,1H3,(H,18,22)/t14-/m1/s1. The number of hydrogen-bond donors (Lipinski definition) is 1. The van der Waals surface area contributed by atoms with Crippen molar-refractivity contribution in [2.75, 3.05) is 20.1 Å². The predicted molar refractivity (Wildman–Crippen MR) is 91.7 cm³/mol. The number of nitrogens with zero attached hydrogens (tertiary/aromatic N) is 3. The lowest BCUT2D eigenvalue weighted by Crippen LogP contribution is -2.53. The van der Waals surface area contributed by atoms with Crippen LogP contribution in [-0.2, 0) is 28.2 Å². The van der Waals surface area contributed by atoms with Crippen molar-refractivity contribution in [3.63, 3.8) is 0 Å². The number of aromatic nitrogens is 2. The van der Waals surface area contributed by atoms with Crippen molar-refractivity contribution >= 4 is 17.2 Å². The van der Waals surface area contributed by atoms with Crippen molar-refractivity contribution < 1.29 is 9.53 Å². The van der Waals surface area contributed by atoms with E-state index in [2.05, 4.69) is 37.3 Å². The molecule has 0 radical (unpaired) electrons. The predicted octanol–water partition coefficient (Wildman–Crippen LogP) is 1.58. The number of likely N-dealkylation sites (tertiary alicyclic amines) is 1. The molecule has 1 amide bonds. The summed E-state index contributed by atoms with van der Waals surface area (Å²) in [4.78, 5) is 20.5. The Balaban J connectivity index is 1.51. The fourth-order valence-electron chi connectivity index (χ4n) is 3.73. The van der Waals surface area contributed by atoms with Gasteiger partial charge in [-0.05, 0) is 24.3 Å². The Morgan fingerprint density at radius 1 is 1.50 bits per heavy atom. The number of fused-ring (bicyclic) bond motifs is 2. The molecule has 0 aliphatic carbocycles. The number of hydrogen-bond acceptors (Lipinski definition) is 5. The molecule has 0 saturated carbocycles. The minimum absolute atomic E-state index is 0.0604. The average Bonchev–Trinajstić information content (AvgIpc) is 3.28. The largest absolute Gasteiger partial charge is 0.357 e. The topological polar surface area (TPSA) is 59.4 Å². The van der Waals surface area contributed by atoms with Crippen LogP contribution < -0.4 is 5.32 Å². The van der Waals surface area contributed by atoms with E-state index in [0.717, 1.165) is 38.3 Å². The number of rotatable bonds is 3. The molecule has 1 saturated heterocycles. The zero-order valence-electron chi connectivity index (χ0n) is 13.8. The number of piperidine rings is 1. The van der Waals surface area contributed by atoms with Gasteiger partial charge in [0, 0.05) is 44.0 Å². The van der Waals surface area contributed by atoms with E-state index in [9.17, 15) is 4.79 Å². The van der Waals surface area contributed by atoms with Gasteiger partial charge in [-0.15, -0.1) is 11.3 Å². The van der Waals surface area contributed by atoms with E-state index >= 15 is 0 Å². The number of thiophene rings is 1. The summed E-state index contributed by atoms with van der Waals surface area (Å²) in [5.74, 6) is 0.910. The van der Waals surface area contributed by atoms with E-state index in [4.69, 9.17) is 4.74 Å². The normalized spacial score (nSPS) is 23.1. The van der Waals surface area contributed by atoms with Crippen molar-refractivity contribution in [2.45, 2.75) is 37.6 Å². The number of carbonyl (C=O) groups is 1. The van der Waals surface area contributed by atoms with Crippen LogP contribution in [0.3, 0.4) is 0 Å². The maximum atomic E-state index is 12.1. The van der Waals surface area contributed by atoms with Crippen LogP contribution in [0.5, 0.6) is 0 Å². The molecule has 4 heterocycles. The minimum Gasteiger partial charge on any atom is -0.357 e. The molecule has 1 N–H and O–H groups in total. The fraction of sp³-hybridized carbons (Fsp3) is 0.529. The van der Waals surface area contributed by atoms with Crippen LogP contribution in [0, 0.1) is 0 Å². The van der Waals surface area contributed by atoms with Gasteiger partial charge >= 0.3 is 0 Å². The molecule has 1 atom stereocenters. The molecule has 0 bridgehead atoms. The smallest absolute Gasteiger partial charge is 0.250 e. The molecule has 2 aromatic rings. The van der Waals surface area contributed by atoms with Crippen molar-refractivity contribution in [2.24, 2.45) is 0 Å². The molecule has 2 aliphatic rings. The van der Waals surface area contributed by atoms with Crippen LogP contribution in [0.15, 0.2) is 29.9 Å². The van der Waals surface area contributed by atoms with Crippen LogP contribution in [0.1, 0.15) is 23.5 Å². The molecular formula is C17H22N4O2S. The van der Waals surface area contributed by atoms with Crippen molar-refractivity contribution in [3.05, 3.63) is 40.6 Å². The Labute approximate surface area is 145 Å². The van der Waals surface area contributed by atoms with Gasteiger partial charge in [-0.25, -0.2) is 4.98 Å². The average molecular weight is 346 g/mol. The third-order valence-electron chi connectivity index (χ3n) is 5.02. The van der Waals surface area contributed by atoms with Crippen molar-refractivity contribution in [1.82, 2.24) is 19.8 Å². The molecule has 7 heteroatoms. The monoisotopic (exact) mass is 346 g/mol. The maximum Gasteiger partial charge on any atom is 0.250 e. The first-order valence-corrected chi connectivity index (χ1v) is 9.24. The van der Waals surface area contributed by atoms with E-state index < -0.39 is 11.7 Å². The van der Waals surface area contributed by atoms with E-state index in [1.807, 2.05) is 12.4 Å². The number of amides is 1. The molecule has 2 aliphatic heterocycles. The molecule has 0 unspecified atom stereocenters. The van der Waals surface area contributed by atoms with Gasteiger partial charge in [0.25, 0.3) is 5.91 Å². The molecule has 1 fully saturated rings. The molecular weight excluding hydrogens is 324 g/mol. The highest BCUT2D eigenvalue weighted by Gasteiger charge is 2.46. The van der Waals surface area contributed by atoms with Crippen LogP contribution in [0.2, 0.25) is 0 Å². The Morgan fingerprint density at radius 2 is 2.33 bits per heavy atom. The number of ether oxygens (including phenoxy) is 1. The van der Waals surface area contributed by atoms with Crippen LogP contribution in [0.4, 0.5) is 0 Å². The Bertz CT molecular complexity index is 704. The van der Waals surface area contributed by atoms with Gasteiger partial charge in [-0.2, -0.15) is 0 Å². The lowest BCUT2D eigenvalue weighted by atomic mass is 9.88. The first kappa shape index (κ1) is 15.8. The van der Waals surface area contributed by atoms with Crippen molar-refractivity contribution in [1.29, 1.82) is 0 Å². The molecule has 128 valence electrons. The molecule has 1 spiro atoms. The summed E-state index contributed by atoms with van der Waals surface area (Å²) in [5, 5.41) is 4.83. The number of carbonyl (C=O) groups excluding carboxylic acids is 1. The van der Waals surface area contributed by atoms with Gasteiger partial charge < -0.3 is 14.6 Å². The van der Waals surface area contributed by atoms with E-state index in [-0.39, 0.29) is 5.91 Å². The van der Waals surface area contributed by atoms with E-state index in [1.165, 1.54) is 4.88 Å². The summed E-state index contributed by atoms with van der Waals surface area (Å²) in [6, 6.07) is 4.28. The highest BCUT2D eigenvalue weighted by atomic mass is 32.1. The second-order valence-corrected chi connectivity index (χ2v) is 7.51. The molecule has 6 nitrogen and oxygen atoms in total. The summed E-state index contributed by atoms with van der Waals surface area (Å²) in [7, 11) is 1.66. The number of imidazole rings is 1. The van der Waals surface area contributed by atoms with E-state index in [0.29, 0.717) is 6.54 Å². The fourth-order valence-corrected chi connectivity index (χ4v) is 4.48. The molecule has 24 heavy (non-hydrogen) atoms. The lowest BCUT2D eigenvalue weighted by Gasteiger charge is -2.45. The molecule has 2 aromatic heterocycles. The Kier molecular flexibility index (Phi) is 4.15. The van der Waals surface area contributed by atoms with Crippen LogP contribution in [-0.4, -0.2) is 46.6 Å². The van der Waals surface area contributed by atoms with Gasteiger partial charge in [-0.3, -0.25) is 9.69 Å². The SMILES string of the molecule is CNC(=O)[C@H]1Cn2ccnc2C2(CCN(Cc3cccs3)CC2)O1. The Hall–Kier alpha value is -1.70. The van der Waals surface area contributed by atoms with Crippen LogP contribution >= 0.6 is 11.3 Å². The van der Waals surface area contributed by atoms with Gasteiger partial charge in [0.15, 0.2) is 6.10 Å². The minimum atomic E-state index is -0.444. The summed E-state index contributed by atoms with van der Waals surface area (Å²) in [6.07, 6.45) is 5.05. The number of likely N-dealkylation sites (N-methyl/N-ethyl adjacent to an activating group) is 1. The van der Waals surface area contributed by atoms with Crippen LogP contribution in [0.25, 0.3) is 0 Å². The lowest BCUT2D eigenvalue weighted by molar-refractivity contribution is -0.173. The zero-order chi connectivity index (χ0) is 16.6. The van der Waals surface area contributed by atoms with Gasteiger partial charge in [0.05, 0.1) is 6.54 Å². The summed E-state index contributed by atoms with van der Waals surface area (Å²) in [5.41, 5.74) is -0.440. The molecule has 0 aromatic carbocycles. The van der Waals surface area contributed by atoms with Gasteiger partial charge in [0.1, 0.15) is 11.4 Å². The van der Waals surface area contributed by atoms with Gasteiger partial charge in [-0.1, -0.05) is 6.07 Å². The number of nitrogens with one attached hydrogen (secondary N) is 1. The second kappa shape index (κ2) is 6.31.